The lowest BCUT2D eigenvalue weighted by Crippen LogP contribution is -2.22. The van der Waals surface area contributed by atoms with Crippen molar-refractivity contribution >= 4 is 11.7 Å². The van der Waals surface area contributed by atoms with Gasteiger partial charge in [-0.05, 0) is 18.2 Å². The molecule has 3 N–H and O–H groups in total. The van der Waals surface area contributed by atoms with E-state index in [2.05, 4.69) is 10.3 Å². The van der Waals surface area contributed by atoms with Crippen LogP contribution in [0.1, 0.15) is 5.56 Å². The van der Waals surface area contributed by atoms with Gasteiger partial charge in [-0.25, -0.2) is 4.98 Å². The van der Waals surface area contributed by atoms with Crippen molar-refractivity contribution < 1.29 is 14.3 Å². The van der Waals surface area contributed by atoms with Crippen LogP contribution in [0.2, 0.25) is 0 Å². The lowest BCUT2D eigenvalue weighted by Gasteiger charge is -2.11. The molecule has 0 aliphatic carbocycles. The average molecular weight is 287 g/mol. The van der Waals surface area contributed by atoms with Crippen LogP contribution in [-0.4, -0.2) is 24.6 Å². The average Bonchev–Trinajstić information content (AvgIpc) is 2.53. The van der Waals surface area contributed by atoms with E-state index in [1.54, 1.807) is 37.6 Å². The molecular formula is C15H17N3O3. The third-order valence-corrected chi connectivity index (χ3v) is 2.80. The number of aromatic nitrogens is 1. The van der Waals surface area contributed by atoms with E-state index in [1.807, 2.05) is 12.1 Å². The molecule has 0 saturated heterocycles. The van der Waals surface area contributed by atoms with Crippen molar-refractivity contribution in [2.45, 2.75) is 6.54 Å². The summed E-state index contributed by atoms with van der Waals surface area (Å²) in [6.07, 6.45) is 1.59. The molecule has 1 aromatic heterocycles. The molecule has 2 aromatic rings. The highest BCUT2D eigenvalue weighted by molar-refractivity contribution is 5.91. The molecule has 1 amide bonds. The van der Waals surface area contributed by atoms with E-state index < -0.39 is 0 Å². The fraction of sp³-hybridized carbons (Fsp3) is 0.200. The van der Waals surface area contributed by atoms with Gasteiger partial charge in [-0.3, -0.25) is 4.79 Å². The van der Waals surface area contributed by atoms with Gasteiger partial charge in [0, 0.05) is 18.3 Å². The van der Waals surface area contributed by atoms with Crippen LogP contribution >= 0.6 is 0 Å². The summed E-state index contributed by atoms with van der Waals surface area (Å²) in [6.45, 7) is 0.164. The van der Waals surface area contributed by atoms with Crippen molar-refractivity contribution in [3.05, 3.63) is 48.2 Å². The third-order valence-electron chi connectivity index (χ3n) is 2.80. The number of ether oxygens (including phenoxy) is 2. The number of rotatable bonds is 6. The number of carbonyl (C=O) groups is 1. The number of amides is 1. The second-order valence-corrected chi connectivity index (χ2v) is 4.20. The Labute approximate surface area is 122 Å². The van der Waals surface area contributed by atoms with Crippen LogP contribution in [0.25, 0.3) is 0 Å². The van der Waals surface area contributed by atoms with E-state index in [0.717, 1.165) is 5.56 Å². The number of carbonyl (C=O) groups excluding carboxylic acids is 1. The zero-order chi connectivity index (χ0) is 15.1. The molecule has 2 rings (SSSR count). The van der Waals surface area contributed by atoms with Crippen LogP contribution < -0.4 is 20.5 Å². The maximum atomic E-state index is 11.9. The molecule has 0 bridgehead atoms. The highest BCUT2D eigenvalue weighted by atomic mass is 16.5. The maximum Gasteiger partial charge on any atom is 0.263 e. The minimum absolute atomic E-state index is 0.138. The number of nitrogens with zero attached hydrogens (tertiary/aromatic N) is 1. The number of hydrogen-bond acceptors (Lipinski definition) is 5. The first-order valence-corrected chi connectivity index (χ1v) is 6.44. The Morgan fingerprint density at radius 1 is 1.24 bits per heavy atom. The highest BCUT2D eigenvalue weighted by Crippen LogP contribution is 2.25. The highest BCUT2D eigenvalue weighted by Gasteiger charge is 2.09. The van der Waals surface area contributed by atoms with Gasteiger partial charge in [0.15, 0.2) is 18.1 Å². The van der Waals surface area contributed by atoms with Crippen LogP contribution in [0.3, 0.4) is 0 Å². The number of nitrogens with one attached hydrogen (secondary N) is 1. The van der Waals surface area contributed by atoms with Gasteiger partial charge in [-0.15, -0.1) is 0 Å². The van der Waals surface area contributed by atoms with E-state index in [1.165, 1.54) is 0 Å². The molecule has 0 spiro atoms. The number of nitrogens with two attached hydrogens (primary N) is 1. The van der Waals surface area contributed by atoms with Crippen molar-refractivity contribution in [1.29, 1.82) is 0 Å². The first-order chi connectivity index (χ1) is 10.2. The first-order valence-electron chi connectivity index (χ1n) is 6.44. The largest absolute Gasteiger partial charge is 0.493 e. The number of benzene rings is 1. The van der Waals surface area contributed by atoms with E-state index in [9.17, 15) is 4.79 Å². The predicted octanol–water partition coefficient (Wildman–Crippen LogP) is 1.57. The molecule has 6 heteroatoms. The minimum atomic E-state index is -0.311. The summed E-state index contributed by atoms with van der Waals surface area (Å²) >= 11 is 0. The quantitative estimate of drug-likeness (QED) is 0.842. The van der Waals surface area contributed by atoms with Crippen LogP contribution in [0.4, 0.5) is 5.82 Å². The number of para-hydroxylation sites is 2. The third kappa shape index (κ3) is 3.93. The predicted molar refractivity (Wildman–Crippen MR) is 79.2 cm³/mol. The summed E-state index contributed by atoms with van der Waals surface area (Å²) in [6, 6.07) is 10.7. The molecular weight excluding hydrogens is 270 g/mol. The van der Waals surface area contributed by atoms with Crippen molar-refractivity contribution in [3.8, 4) is 11.5 Å². The summed E-state index contributed by atoms with van der Waals surface area (Å²) in [5.74, 6) is 1.23. The lowest BCUT2D eigenvalue weighted by atomic mass is 10.2. The van der Waals surface area contributed by atoms with Crippen molar-refractivity contribution in [2.24, 2.45) is 5.73 Å². The topological polar surface area (TPSA) is 86.5 Å². The number of hydrogen-bond donors (Lipinski definition) is 2. The van der Waals surface area contributed by atoms with Gasteiger partial charge in [0.25, 0.3) is 5.91 Å². The molecule has 0 fully saturated rings. The summed E-state index contributed by atoms with van der Waals surface area (Å²) < 4.78 is 10.6. The van der Waals surface area contributed by atoms with Gasteiger partial charge in [0.2, 0.25) is 0 Å². The Bertz CT molecular complexity index is 617. The van der Waals surface area contributed by atoms with Gasteiger partial charge in [0.1, 0.15) is 5.82 Å². The van der Waals surface area contributed by atoms with Crippen LogP contribution in [0, 0.1) is 0 Å². The van der Waals surface area contributed by atoms with E-state index in [0.29, 0.717) is 23.9 Å². The summed E-state index contributed by atoms with van der Waals surface area (Å²) in [5.41, 5.74) is 6.36. The molecule has 0 saturated carbocycles. The molecule has 0 unspecified atom stereocenters. The first kappa shape index (κ1) is 14.8. The normalized spacial score (nSPS) is 10.0. The summed E-state index contributed by atoms with van der Waals surface area (Å²) in [5, 5.41) is 2.67. The molecule has 0 aliphatic rings. The Kier molecular flexibility index (Phi) is 5.11. The van der Waals surface area contributed by atoms with E-state index in [-0.39, 0.29) is 12.5 Å². The molecule has 0 atom stereocenters. The zero-order valence-electron chi connectivity index (χ0n) is 11.7. The van der Waals surface area contributed by atoms with Crippen LogP contribution in [-0.2, 0) is 11.3 Å². The zero-order valence-corrected chi connectivity index (χ0v) is 11.7. The van der Waals surface area contributed by atoms with Gasteiger partial charge in [-0.1, -0.05) is 18.2 Å². The number of methoxy groups -OCH3 is 1. The van der Waals surface area contributed by atoms with Crippen molar-refractivity contribution in [3.63, 3.8) is 0 Å². The Morgan fingerprint density at radius 2 is 2.00 bits per heavy atom. The van der Waals surface area contributed by atoms with Gasteiger partial charge < -0.3 is 20.5 Å². The summed E-state index contributed by atoms with van der Waals surface area (Å²) in [4.78, 5) is 16.0. The maximum absolute atomic E-state index is 11.9. The molecule has 0 aliphatic heterocycles. The standard InChI is InChI=1S/C15H17N3O3/c1-20-12-6-2-3-7-13(12)21-10-14(19)18-15-11(9-16)5-4-8-17-15/h2-8H,9-10,16H2,1H3,(H,17,18,19). The Balaban J connectivity index is 1.96. The SMILES string of the molecule is COc1ccccc1OCC(=O)Nc1ncccc1CN. The Morgan fingerprint density at radius 3 is 2.71 bits per heavy atom. The fourth-order valence-corrected chi connectivity index (χ4v) is 1.77. The fourth-order valence-electron chi connectivity index (χ4n) is 1.77. The van der Waals surface area contributed by atoms with Gasteiger partial charge >= 0.3 is 0 Å². The second kappa shape index (κ2) is 7.25. The van der Waals surface area contributed by atoms with Gasteiger partial charge in [-0.2, -0.15) is 0 Å². The smallest absolute Gasteiger partial charge is 0.263 e. The monoisotopic (exact) mass is 287 g/mol. The second-order valence-electron chi connectivity index (χ2n) is 4.20. The lowest BCUT2D eigenvalue weighted by molar-refractivity contribution is -0.118. The van der Waals surface area contributed by atoms with Crippen LogP contribution in [0.5, 0.6) is 11.5 Å². The van der Waals surface area contributed by atoms with Crippen molar-refractivity contribution in [2.75, 3.05) is 19.0 Å². The molecule has 1 heterocycles. The van der Waals surface area contributed by atoms with Crippen LogP contribution in [0.15, 0.2) is 42.6 Å². The minimum Gasteiger partial charge on any atom is -0.493 e. The molecule has 110 valence electrons. The summed E-state index contributed by atoms with van der Waals surface area (Å²) in [7, 11) is 1.55. The van der Waals surface area contributed by atoms with E-state index >= 15 is 0 Å². The molecule has 6 nitrogen and oxygen atoms in total. The number of pyridine rings is 1. The van der Waals surface area contributed by atoms with E-state index in [4.69, 9.17) is 15.2 Å². The molecule has 21 heavy (non-hydrogen) atoms. The number of anilines is 1. The molecule has 0 radical (unpaired) electrons. The molecule has 1 aromatic carbocycles. The van der Waals surface area contributed by atoms with Crippen molar-refractivity contribution in [1.82, 2.24) is 4.98 Å². The Hall–Kier alpha value is -2.60. The van der Waals surface area contributed by atoms with Gasteiger partial charge in [0.05, 0.1) is 7.11 Å².